The first kappa shape index (κ1) is 18.2. The molecule has 0 bridgehead atoms. The molecule has 1 fully saturated rings. The highest BCUT2D eigenvalue weighted by Crippen LogP contribution is 2.18. The van der Waals surface area contributed by atoms with Gasteiger partial charge in [-0.2, -0.15) is 8.42 Å². The van der Waals surface area contributed by atoms with Gasteiger partial charge in [0.2, 0.25) is 0 Å². The van der Waals surface area contributed by atoms with E-state index in [1.807, 2.05) is 13.8 Å². The summed E-state index contributed by atoms with van der Waals surface area (Å²) in [6, 6.07) is 0. The van der Waals surface area contributed by atoms with Crippen LogP contribution in [0.25, 0.3) is 0 Å². The summed E-state index contributed by atoms with van der Waals surface area (Å²) in [5, 5.41) is 0. The molecule has 114 valence electrons. The summed E-state index contributed by atoms with van der Waals surface area (Å²) in [7, 11) is -3.47. The topological polar surface area (TPSA) is 72.9 Å². The van der Waals surface area contributed by atoms with Gasteiger partial charge >= 0.3 is 6.09 Å². The number of hydrogen-bond donors (Lipinski definition) is 0. The molecule has 1 amide bonds. The highest BCUT2D eigenvalue weighted by Gasteiger charge is 2.31. The van der Waals surface area contributed by atoms with Gasteiger partial charge in [-0.05, 0) is 27.2 Å². The lowest BCUT2D eigenvalue weighted by Crippen LogP contribution is -2.36. The van der Waals surface area contributed by atoms with E-state index in [2.05, 4.69) is 0 Å². The standard InChI is InChI=1S/C10H19NO5S.C2H6/c1-10(2,3)15-9(12)11-6-5-8(7-11)16-17(4,13)14;1-2/h8H,5-7H2,1-4H3;1-2H3/t8-;/m1./s1. The average molecular weight is 295 g/mol. The van der Waals surface area contributed by atoms with E-state index in [4.69, 9.17) is 8.92 Å². The molecule has 1 rings (SSSR count). The van der Waals surface area contributed by atoms with Crippen molar-refractivity contribution < 1.29 is 22.1 Å². The summed E-state index contributed by atoms with van der Waals surface area (Å²) in [5.41, 5.74) is -0.549. The lowest BCUT2D eigenvalue weighted by atomic mass is 10.2. The summed E-state index contributed by atoms with van der Waals surface area (Å²) < 4.78 is 31.9. The maximum Gasteiger partial charge on any atom is 0.410 e. The second-order valence-corrected chi connectivity index (χ2v) is 6.74. The summed E-state index contributed by atoms with van der Waals surface area (Å²) in [4.78, 5) is 13.1. The third-order valence-electron chi connectivity index (χ3n) is 2.11. The second kappa shape index (κ2) is 7.09. The predicted octanol–water partition coefficient (Wildman–Crippen LogP) is 2.00. The number of amides is 1. The molecule has 1 aliphatic rings. The first-order valence-electron chi connectivity index (χ1n) is 6.43. The van der Waals surface area contributed by atoms with E-state index >= 15 is 0 Å². The molecule has 0 radical (unpaired) electrons. The van der Waals surface area contributed by atoms with E-state index in [-0.39, 0.29) is 6.54 Å². The van der Waals surface area contributed by atoms with Crippen LogP contribution in [0.5, 0.6) is 0 Å². The molecule has 1 aliphatic heterocycles. The van der Waals surface area contributed by atoms with Gasteiger partial charge in [-0.25, -0.2) is 4.79 Å². The van der Waals surface area contributed by atoms with Crippen molar-refractivity contribution in [3.05, 3.63) is 0 Å². The molecule has 0 N–H and O–H groups in total. The fourth-order valence-corrected chi connectivity index (χ4v) is 2.20. The number of hydrogen-bond acceptors (Lipinski definition) is 5. The van der Waals surface area contributed by atoms with Crippen LogP contribution in [-0.4, -0.2) is 50.5 Å². The van der Waals surface area contributed by atoms with Crippen LogP contribution in [0.4, 0.5) is 4.79 Å². The summed E-state index contributed by atoms with van der Waals surface area (Å²) in [5.74, 6) is 0. The minimum atomic E-state index is -3.47. The minimum Gasteiger partial charge on any atom is -0.444 e. The van der Waals surface area contributed by atoms with Gasteiger partial charge in [0.05, 0.1) is 18.9 Å². The summed E-state index contributed by atoms with van der Waals surface area (Å²) in [6.45, 7) is 10.1. The van der Waals surface area contributed by atoms with E-state index in [1.165, 1.54) is 4.90 Å². The maximum absolute atomic E-state index is 11.7. The van der Waals surface area contributed by atoms with Crippen LogP contribution in [0.2, 0.25) is 0 Å². The van der Waals surface area contributed by atoms with Gasteiger partial charge in [-0.15, -0.1) is 0 Å². The second-order valence-electron chi connectivity index (χ2n) is 5.14. The Morgan fingerprint density at radius 3 is 2.21 bits per heavy atom. The SMILES string of the molecule is CC.CC(C)(C)OC(=O)N1CC[C@@H](OS(C)(=O)=O)C1. The number of rotatable bonds is 2. The molecular formula is C12H25NO5S. The van der Waals surface area contributed by atoms with Gasteiger partial charge in [0.15, 0.2) is 0 Å². The van der Waals surface area contributed by atoms with Crippen molar-refractivity contribution in [1.82, 2.24) is 4.90 Å². The molecule has 7 heteroatoms. The van der Waals surface area contributed by atoms with Crippen LogP contribution in [-0.2, 0) is 19.0 Å². The number of nitrogens with zero attached hydrogens (tertiary/aromatic N) is 1. The highest BCUT2D eigenvalue weighted by atomic mass is 32.2. The van der Waals surface area contributed by atoms with Crippen molar-refractivity contribution in [3.63, 3.8) is 0 Å². The molecule has 1 saturated heterocycles. The summed E-state index contributed by atoms with van der Waals surface area (Å²) >= 11 is 0. The lowest BCUT2D eigenvalue weighted by molar-refractivity contribution is 0.0276. The molecule has 19 heavy (non-hydrogen) atoms. The van der Waals surface area contributed by atoms with E-state index in [1.54, 1.807) is 20.8 Å². The molecule has 0 aromatic rings. The Hall–Kier alpha value is -0.820. The van der Waals surface area contributed by atoms with Crippen LogP contribution in [0.15, 0.2) is 0 Å². The fourth-order valence-electron chi connectivity index (χ4n) is 1.55. The number of carbonyl (C=O) groups excluding carboxylic acids is 1. The molecule has 0 saturated carbocycles. The van der Waals surface area contributed by atoms with Crippen LogP contribution in [0.3, 0.4) is 0 Å². The average Bonchev–Trinajstić information content (AvgIpc) is 2.64. The Kier molecular flexibility index (Phi) is 6.79. The smallest absolute Gasteiger partial charge is 0.410 e. The predicted molar refractivity (Wildman–Crippen MR) is 73.5 cm³/mol. The molecule has 0 unspecified atom stereocenters. The van der Waals surface area contributed by atoms with Crippen molar-refractivity contribution in [2.45, 2.75) is 52.7 Å². The number of carbonyl (C=O) groups is 1. The van der Waals surface area contributed by atoms with Crippen molar-refractivity contribution in [3.8, 4) is 0 Å². The zero-order chi connectivity index (χ0) is 15.3. The Morgan fingerprint density at radius 2 is 1.79 bits per heavy atom. The Bertz CT molecular complexity index is 385. The van der Waals surface area contributed by atoms with Crippen molar-refractivity contribution >= 4 is 16.2 Å². The maximum atomic E-state index is 11.7. The van der Waals surface area contributed by atoms with Crippen molar-refractivity contribution in [2.75, 3.05) is 19.3 Å². The number of likely N-dealkylation sites (tertiary alicyclic amines) is 1. The molecule has 6 nitrogen and oxygen atoms in total. The molecular weight excluding hydrogens is 270 g/mol. The van der Waals surface area contributed by atoms with Crippen molar-refractivity contribution in [2.24, 2.45) is 0 Å². The van der Waals surface area contributed by atoms with E-state index < -0.39 is 27.9 Å². The largest absolute Gasteiger partial charge is 0.444 e. The molecule has 0 spiro atoms. The third-order valence-corrected chi connectivity index (χ3v) is 2.73. The van der Waals surface area contributed by atoms with Gasteiger partial charge in [0, 0.05) is 6.54 Å². The summed E-state index contributed by atoms with van der Waals surface area (Å²) in [6.07, 6.45) is 0.616. The first-order chi connectivity index (χ1) is 8.57. The zero-order valence-electron chi connectivity index (χ0n) is 12.6. The molecule has 1 atom stereocenters. The van der Waals surface area contributed by atoms with Gasteiger partial charge in [0.1, 0.15) is 5.60 Å². The van der Waals surface area contributed by atoms with Gasteiger partial charge in [0.25, 0.3) is 10.1 Å². The molecule has 0 aromatic heterocycles. The van der Waals surface area contributed by atoms with E-state index in [0.717, 1.165) is 6.26 Å². The quantitative estimate of drug-likeness (QED) is 0.728. The van der Waals surface area contributed by atoms with Crippen molar-refractivity contribution in [1.29, 1.82) is 0 Å². The molecule has 0 aromatic carbocycles. The minimum absolute atomic E-state index is 0.252. The Morgan fingerprint density at radius 1 is 1.26 bits per heavy atom. The third kappa shape index (κ3) is 8.05. The molecule has 0 aliphatic carbocycles. The van der Waals surface area contributed by atoms with Gasteiger partial charge < -0.3 is 9.64 Å². The van der Waals surface area contributed by atoms with Gasteiger partial charge in [-0.1, -0.05) is 13.8 Å². The van der Waals surface area contributed by atoms with Crippen LogP contribution < -0.4 is 0 Å². The first-order valence-corrected chi connectivity index (χ1v) is 8.25. The van der Waals surface area contributed by atoms with E-state index in [0.29, 0.717) is 13.0 Å². The van der Waals surface area contributed by atoms with Gasteiger partial charge in [-0.3, -0.25) is 4.18 Å². The zero-order valence-corrected chi connectivity index (χ0v) is 13.4. The van der Waals surface area contributed by atoms with Crippen LogP contribution in [0, 0.1) is 0 Å². The number of ether oxygens (including phenoxy) is 1. The van der Waals surface area contributed by atoms with E-state index in [9.17, 15) is 13.2 Å². The Balaban J connectivity index is 0.00000154. The highest BCUT2D eigenvalue weighted by molar-refractivity contribution is 7.86. The fraction of sp³-hybridized carbons (Fsp3) is 0.917. The lowest BCUT2D eigenvalue weighted by Gasteiger charge is -2.24. The Labute approximate surface area is 116 Å². The van der Waals surface area contributed by atoms with Crippen LogP contribution >= 0.6 is 0 Å². The normalized spacial score (nSPS) is 19.7. The molecule has 1 heterocycles. The van der Waals surface area contributed by atoms with Crippen LogP contribution in [0.1, 0.15) is 41.0 Å². The monoisotopic (exact) mass is 295 g/mol.